The molecule has 0 aromatic heterocycles. The maximum Gasteiger partial charge on any atom is 0.253 e. The maximum absolute atomic E-state index is 12.4. The van der Waals surface area contributed by atoms with Crippen LogP contribution in [0.5, 0.6) is 0 Å². The molecule has 0 radical (unpaired) electrons. The SMILES string of the molecule is CC(C)(O)C(=O)N1CCCC(C(O)Cc2ccc3c(c2)CCN(C2CCC2)CC3)C1. The third kappa shape index (κ3) is 4.90. The van der Waals surface area contributed by atoms with Crippen molar-refractivity contribution >= 4 is 5.91 Å². The highest BCUT2D eigenvalue weighted by Gasteiger charge is 2.34. The Morgan fingerprint density at radius 3 is 2.50 bits per heavy atom. The van der Waals surface area contributed by atoms with E-state index in [0.717, 1.165) is 38.3 Å². The quantitative estimate of drug-likeness (QED) is 0.777. The number of amides is 1. The Balaban J connectivity index is 1.36. The maximum atomic E-state index is 12.4. The summed E-state index contributed by atoms with van der Waals surface area (Å²) in [6, 6.07) is 7.57. The number of rotatable bonds is 5. The van der Waals surface area contributed by atoms with E-state index in [0.29, 0.717) is 19.5 Å². The second-order valence-electron chi connectivity index (χ2n) is 10.2. The van der Waals surface area contributed by atoms with Gasteiger partial charge in [0.1, 0.15) is 5.60 Å². The molecular formula is C25H38N2O3. The average molecular weight is 415 g/mol. The molecule has 2 atom stereocenters. The highest BCUT2D eigenvalue weighted by atomic mass is 16.3. The fraction of sp³-hybridized carbons (Fsp3) is 0.720. The van der Waals surface area contributed by atoms with Crippen LogP contribution in [-0.2, 0) is 24.1 Å². The Hall–Kier alpha value is -1.43. The summed E-state index contributed by atoms with van der Waals surface area (Å²) in [5, 5.41) is 21.0. The predicted molar refractivity (Wildman–Crippen MR) is 118 cm³/mol. The van der Waals surface area contributed by atoms with Crippen LogP contribution in [0.25, 0.3) is 0 Å². The van der Waals surface area contributed by atoms with Crippen LogP contribution in [0.4, 0.5) is 0 Å². The molecule has 0 spiro atoms. The molecule has 1 aromatic rings. The van der Waals surface area contributed by atoms with Gasteiger partial charge in [0.15, 0.2) is 0 Å². The summed E-state index contributed by atoms with van der Waals surface area (Å²) in [6.07, 6.45) is 8.33. The van der Waals surface area contributed by atoms with E-state index >= 15 is 0 Å². The van der Waals surface area contributed by atoms with Crippen molar-refractivity contribution < 1.29 is 15.0 Å². The molecular weight excluding hydrogens is 376 g/mol. The molecule has 2 heterocycles. The van der Waals surface area contributed by atoms with E-state index in [9.17, 15) is 15.0 Å². The van der Waals surface area contributed by atoms with Crippen molar-refractivity contribution in [3.8, 4) is 0 Å². The van der Waals surface area contributed by atoms with Gasteiger partial charge in [0.25, 0.3) is 5.91 Å². The second-order valence-corrected chi connectivity index (χ2v) is 10.2. The van der Waals surface area contributed by atoms with Crippen LogP contribution in [0.3, 0.4) is 0 Å². The number of aliphatic hydroxyl groups is 2. The van der Waals surface area contributed by atoms with Gasteiger partial charge in [0.2, 0.25) is 0 Å². The summed E-state index contributed by atoms with van der Waals surface area (Å²) >= 11 is 0. The number of fused-ring (bicyclic) bond motifs is 1. The lowest BCUT2D eigenvalue weighted by molar-refractivity contribution is -0.150. The van der Waals surface area contributed by atoms with Gasteiger partial charge in [-0.15, -0.1) is 0 Å². The van der Waals surface area contributed by atoms with E-state index in [2.05, 4.69) is 23.1 Å². The van der Waals surface area contributed by atoms with Crippen LogP contribution < -0.4 is 0 Å². The number of hydrogen-bond donors (Lipinski definition) is 2. The molecule has 2 N–H and O–H groups in total. The standard InChI is InChI=1S/C25H38N2O3/c1-25(2,30)24(29)27-12-4-5-21(17-27)23(28)16-18-8-9-19-10-13-26(22-6-3-7-22)14-11-20(19)15-18/h8-9,15,21-23,28,30H,3-7,10-14,16-17H2,1-2H3. The molecule has 2 fully saturated rings. The second kappa shape index (κ2) is 8.97. The first kappa shape index (κ1) is 21.8. The highest BCUT2D eigenvalue weighted by Crippen LogP contribution is 2.29. The number of carbonyl (C=O) groups excluding carboxylic acids is 1. The van der Waals surface area contributed by atoms with Crippen LogP contribution in [0, 0.1) is 5.92 Å². The van der Waals surface area contributed by atoms with Gasteiger partial charge in [-0.05, 0) is 75.5 Å². The van der Waals surface area contributed by atoms with Gasteiger partial charge in [-0.2, -0.15) is 0 Å². The van der Waals surface area contributed by atoms with E-state index < -0.39 is 11.7 Å². The minimum absolute atomic E-state index is 0.0676. The zero-order valence-electron chi connectivity index (χ0n) is 18.6. The van der Waals surface area contributed by atoms with Gasteiger partial charge in [-0.25, -0.2) is 0 Å². The number of carbonyl (C=O) groups is 1. The van der Waals surface area contributed by atoms with Crippen molar-refractivity contribution in [1.29, 1.82) is 0 Å². The molecule has 0 bridgehead atoms. The van der Waals surface area contributed by atoms with Gasteiger partial charge in [0.05, 0.1) is 6.10 Å². The van der Waals surface area contributed by atoms with Crippen molar-refractivity contribution in [2.45, 2.75) is 83.0 Å². The van der Waals surface area contributed by atoms with Crippen molar-refractivity contribution in [3.05, 3.63) is 34.9 Å². The molecule has 2 unspecified atom stereocenters. The van der Waals surface area contributed by atoms with E-state index in [1.807, 2.05) is 0 Å². The molecule has 3 aliphatic rings. The normalized spacial score (nSPS) is 24.7. The number of hydrogen-bond acceptors (Lipinski definition) is 4. The van der Waals surface area contributed by atoms with Gasteiger partial charge < -0.3 is 15.1 Å². The Bertz CT molecular complexity index is 753. The summed E-state index contributed by atoms with van der Waals surface area (Å²) < 4.78 is 0. The molecule has 1 saturated carbocycles. The fourth-order valence-electron chi connectivity index (χ4n) is 5.34. The lowest BCUT2D eigenvalue weighted by Gasteiger charge is -2.37. The van der Waals surface area contributed by atoms with Crippen molar-refractivity contribution in [3.63, 3.8) is 0 Å². The Labute approximate surface area is 181 Å². The average Bonchev–Trinajstić information content (AvgIpc) is 2.88. The molecule has 30 heavy (non-hydrogen) atoms. The molecule has 166 valence electrons. The fourth-order valence-corrected chi connectivity index (χ4v) is 5.34. The van der Waals surface area contributed by atoms with Crippen LogP contribution in [0.15, 0.2) is 18.2 Å². The number of nitrogens with zero attached hydrogens (tertiary/aromatic N) is 2. The molecule has 5 heteroatoms. The summed E-state index contributed by atoms with van der Waals surface area (Å²) in [5.41, 5.74) is 2.76. The van der Waals surface area contributed by atoms with E-state index in [1.54, 1.807) is 4.90 Å². The third-order valence-electron chi connectivity index (χ3n) is 7.46. The first-order valence-electron chi connectivity index (χ1n) is 11.9. The Morgan fingerprint density at radius 2 is 1.83 bits per heavy atom. The number of aliphatic hydroxyl groups excluding tert-OH is 1. The summed E-state index contributed by atoms with van der Waals surface area (Å²) in [7, 11) is 0. The van der Waals surface area contributed by atoms with Crippen LogP contribution >= 0.6 is 0 Å². The zero-order chi connectivity index (χ0) is 21.3. The van der Waals surface area contributed by atoms with Gasteiger partial charge in [-0.1, -0.05) is 24.6 Å². The molecule has 1 saturated heterocycles. The van der Waals surface area contributed by atoms with Gasteiger partial charge in [0, 0.05) is 38.1 Å². The molecule has 1 aliphatic carbocycles. The highest BCUT2D eigenvalue weighted by molar-refractivity contribution is 5.84. The van der Waals surface area contributed by atoms with Crippen molar-refractivity contribution in [2.75, 3.05) is 26.2 Å². The number of piperidine rings is 1. The molecule has 4 rings (SSSR count). The smallest absolute Gasteiger partial charge is 0.253 e. The summed E-state index contributed by atoms with van der Waals surface area (Å²) in [5.74, 6) is -0.168. The predicted octanol–water partition coefficient (Wildman–Crippen LogP) is 2.55. The minimum atomic E-state index is -1.35. The summed E-state index contributed by atoms with van der Waals surface area (Å²) in [6.45, 7) is 6.61. The lowest BCUT2D eigenvalue weighted by Crippen LogP contribution is -2.51. The lowest BCUT2D eigenvalue weighted by atomic mass is 9.87. The molecule has 5 nitrogen and oxygen atoms in total. The Morgan fingerprint density at radius 1 is 1.10 bits per heavy atom. The van der Waals surface area contributed by atoms with E-state index in [1.165, 1.54) is 56.3 Å². The topological polar surface area (TPSA) is 64.0 Å². The molecule has 1 aromatic carbocycles. The first-order chi connectivity index (χ1) is 14.3. The zero-order valence-corrected chi connectivity index (χ0v) is 18.6. The first-order valence-corrected chi connectivity index (χ1v) is 11.9. The van der Waals surface area contributed by atoms with Crippen molar-refractivity contribution in [1.82, 2.24) is 9.80 Å². The minimum Gasteiger partial charge on any atom is -0.392 e. The monoisotopic (exact) mass is 414 g/mol. The van der Waals surface area contributed by atoms with Crippen LogP contribution in [0.1, 0.15) is 62.6 Å². The van der Waals surface area contributed by atoms with Gasteiger partial charge in [-0.3, -0.25) is 9.69 Å². The third-order valence-corrected chi connectivity index (χ3v) is 7.46. The van der Waals surface area contributed by atoms with Crippen LogP contribution in [0.2, 0.25) is 0 Å². The molecule has 2 aliphatic heterocycles. The number of benzene rings is 1. The van der Waals surface area contributed by atoms with E-state index in [-0.39, 0.29) is 11.8 Å². The Kier molecular flexibility index (Phi) is 6.52. The molecule has 1 amide bonds. The van der Waals surface area contributed by atoms with E-state index in [4.69, 9.17) is 0 Å². The van der Waals surface area contributed by atoms with Gasteiger partial charge >= 0.3 is 0 Å². The van der Waals surface area contributed by atoms with Crippen LogP contribution in [-0.4, -0.2) is 69.8 Å². The largest absolute Gasteiger partial charge is 0.392 e. The number of likely N-dealkylation sites (tertiary alicyclic amines) is 1. The van der Waals surface area contributed by atoms with Crippen molar-refractivity contribution in [2.24, 2.45) is 5.92 Å². The summed E-state index contributed by atoms with van der Waals surface area (Å²) in [4.78, 5) is 16.8.